The van der Waals surface area contributed by atoms with Gasteiger partial charge in [0.2, 0.25) is 5.82 Å². The molecule has 2 aromatic rings. The summed E-state index contributed by atoms with van der Waals surface area (Å²) in [6, 6.07) is 0. The monoisotopic (exact) mass is 163 g/mol. The molecule has 0 radical (unpaired) electrons. The van der Waals surface area contributed by atoms with Crippen molar-refractivity contribution >= 4 is 17.8 Å². The second-order valence-corrected chi connectivity index (χ2v) is 2.23. The molecule has 0 aliphatic carbocycles. The molecule has 12 heavy (non-hydrogen) atoms. The van der Waals surface area contributed by atoms with E-state index in [1.165, 1.54) is 10.6 Å². The molecule has 0 bridgehead atoms. The fourth-order valence-electron chi connectivity index (χ4n) is 0.902. The lowest BCUT2D eigenvalue weighted by Gasteiger charge is -1.93. The van der Waals surface area contributed by atoms with Crippen LogP contribution in [0.15, 0.2) is 12.4 Å². The van der Waals surface area contributed by atoms with Gasteiger partial charge in [-0.25, -0.2) is 4.98 Å². The van der Waals surface area contributed by atoms with Gasteiger partial charge in [-0.2, -0.15) is 0 Å². The molecule has 0 spiro atoms. The van der Waals surface area contributed by atoms with Crippen LogP contribution in [0.3, 0.4) is 0 Å². The maximum atomic E-state index is 10.4. The second kappa shape index (κ2) is 2.26. The molecule has 0 aliphatic heterocycles. The van der Waals surface area contributed by atoms with Crippen molar-refractivity contribution < 1.29 is 4.79 Å². The minimum atomic E-state index is 0.199. The van der Waals surface area contributed by atoms with Gasteiger partial charge in [-0.15, -0.1) is 10.2 Å². The van der Waals surface area contributed by atoms with Crippen LogP contribution < -0.4 is 5.73 Å². The average Bonchev–Trinajstić information content (AvgIpc) is 2.46. The number of aromatic nitrogens is 4. The zero-order chi connectivity index (χ0) is 8.55. The lowest BCUT2D eigenvalue weighted by molar-refractivity contribution is 0.111. The van der Waals surface area contributed by atoms with E-state index in [2.05, 4.69) is 15.2 Å². The van der Waals surface area contributed by atoms with Gasteiger partial charge in [0, 0.05) is 6.20 Å². The number of anilines is 1. The Labute approximate surface area is 67.0 Å². The van der Waals surface area contributed by atoms with Crippen LogP contribution in [-0.2, 0) is 0 Å². The molecule has 2 aromatic heterocycles. The molecule has 0 saturated carbocycles. The zero-order valence-electron chi connectivity index (χ0n) is 6.01. The third-order valence-corrected chi connectivity index (χ3v) is 1.42. The van der Waals surface area contributed by atoms with Gasteiger partial charge in [0.15, 0.2) is 6.29 Å². The van der Waals surface area contributed by atoms with Crippen molar-refractivity contribution in [1.82, 2.24) is 19.6 Å². The van der Waals surface area contributed by atoms with E-state index in [-0.39, 0.29) is 5.82 Å². The molecule has 6 heteroatoms. The predicted octanol–water partition coefficient (Wildman–Crippen LogP) is -0.481. The lowest BCUT2D eigenvalue weighted by Crippen LogP contribution is -1.96. The standard InChI is InChI=1S/C6H5N5O/c7-4-1-8-6-10-9-5(3-12)11(6)2-4/h1-3H,7H2. The maximum Gasteiger partial charge on any atom is 0.255 e. The number of aldehydes is 1. The molecule has 2 heterocycles. The highest BCUT2D eigenvalue weighted by Crippen LogP contribution is 2.02. The number of hydrogen-bond donors (Lipinski definition) is 1. The van der Waals surface area contributed by atoms with E-state index in [1.807, 2.05) is 0 Å². The Morgan fingerprint density at radius 1 is 1.50 bits per heavy atom. The average molecular weight is 163 g/mol. The van der Waals surface area contributed by atoms with Crippen LogP contribution in [0, 0.1) is 0 Å². The zero-order valence-corrected chi connectivity index (χ0v) is 6.01. The highest BCUT2D eigenvalue weighted by atomic mass is 16.1. The summed E-state index contributed by atoms with van der Waals surface area (Å²) in [6.07, 6.45) is 3.60. The second-order valence-electron chi connectivity index (χ2n) is 2.23. The third-order valence-electron chi connectivity index (χ3n) is 1.42. The van der Waals surface area contributed by atoms with Crippen LogP contribution >= 0.6 is 0 Å². The Balaban J connectivity index is 2.83. The Bertz CT molecular complexity index is 434. The summed E-state index contributed by atoms with van der Waals surface area (Å²) in [4.78, 5) is 14.3. The predicted molar refractivity (Wildman–Crippen MR) is 40.6 cm³/mol. The molecule has 0 aromatic carbocycles. The minimum Gasteiger partial charge on any atom is -0.396 e. The van der Waals surface area contributed by atoms with Crippen LogP contribution in [0.4, 0.5) is 5.69 Å². The Hall–Kier alpha value is -1.98. The maximum absolute atomic E-state index is 10.4. The van der Waals surface area contributed by atoms with Crippen molar-refractivity contribution in [3.05, 3.63) is 18.2 Å². The van der Waals surface area contributed by atoms with Crippen LogP contribution in [-0.4, -0.2) is 25.9 Å². The van der Waals surface area contributed by atoms with Gasteiger partial charge in [-0.05, 0) is 0 Å². The van der Waals surface area contributed by atoms with Crippen molar-refractivity contribution in [1.29, 1.82) is 0 Å². The Morgan fingerprint density at radius 2 is 2.33 bits per heavy atom. The molecule has 2 rings (SSSR count). The summed E-state index contributed by atoms with van der Waals surface area (Å²) in [5.74, 6) is 0.566. The molecule has 0 fully saturated rings. The Kier molecular flexibility index (Phi) is 1.26. The van der Waals surface area contributed by atoms with Gasteiger partial charge in [-0.3, -0.25) is 9.20 Å². The molecule has 0 unspecified atom stereocenters. The number of nitrogen functional groups attached to an aromatic ring is 1. The highest BCUT2D eigenvalue weighted by molar-refractivity contribution is 5.70. The van der Waals surface area contributed by atoms with E-state index in [1.54, 1.807) is 6.20 Å². The van der Waals surface area contributed by atoms with Gasteiger partial charge >= 0.3 is 0 Å². The van der Waals surface area contributed by atoms with Crippen molar-refractivity contribution in [2.75, 3.05) is 5.73 Å². The fourth-order valence-corrected chi connectivity index (χ4v) is 0.902. The molecule has 6 nitrogen and oxygen atoms in total. The number of carbonyl (C=O) groups excluding carboxylic acids is 1. The molecule has 0 atom stereocenters. The first-order valence-electron chi connectivity index (χ1n) is 3.22. The van der Waals surface area contributed by atoms with Crippen LogP contribution in [0.2, 0.25) is 0 Å². The number of fused-ring (bicyclic) bond motifs is 1. The van der Waals surface area contributed by atoms with E-state index in [9.17, 15) is 4.79 Å². The lowest BCUT2D eigenvalue weighted by atomic mass is 10.5. The number of carbonyl (C=O) groups is 1. The quantitative estimate of drug-likeness (QED) is 0.573. The van der Waals surface area contributed by atoms with E-state index < -0.39 is 0 Å². The smallest absolute Gasteiger partial charge is 0.255 e. The SMILES string of the molecule is Nc1cnc2nnc(C=O)n2c1. The number of nitrogens with two attached hydrogens (primary N) is 1. The summed E-state index contributed by atoms with van der Waals surface area (Å²) in [5.41, 5.74) is 5.92. The van der Waals surface area contributed by atoms with E-state index >= 15 is 0 Å². The largest absolute Gasteiger partial charge is 0.396 e. The first kappa shape index (κ1) is 6.71. The van der Waals surface area contributed by atoms with Crippen LogP contribution in [0.5, 0.6) is 0 Å². The fraction of sp³-hybridized carbons (Fsp3) is 0. The van der Waals surface area contributed by atoms with Gasteiger partial charge in [-0.1, -0.05) is 0 Å². The van der Waals surface area contributed by atoms with E-state index in [0.717, 1.165) is 0 Å². The van der Waals surface area contributed by atoms with Crippen LogP contribution in [0.25, 0.3) is 5.78 Å². The molecule has 0 aliphatic rings. The summed E-state index contributed by atoms with van der Waals surface area (Å²) < 4.78 is 1.43. The summed E-state index contributed by atoms with van der Waals surface area (Å²) in [7, 11) is 0. The number of hydrogen-bond acceptors (Lipinski definition) is 5. The number of rotatable bonds is 1. The molecule has 2 N–H and O–H groups in total. The van der Waals surface area contributed by atoms with Gasteiger partial charge in [0.25, 0.3) is 5.78 Å². The topological polar surface area (TPSA) is 86.2 Å². The van der Waals surface area contributed by atoms with Crippen molar-refractivity contribution in [3.8, 4) is 0 Å². The normalized spacial score (nSPS) is 10.3. The van der Waals surface area contributed by atoms with Crippen molar-refractivity contribution in [2.45, 2.75) is 0 Å². The van der Waals surface area contributed by atoms with Gasteiger partial charge in [0.05, 0.1) is 11.9 Å². The van der Waals surface area contributed by atoms with Crippen molar-refractivity contribution in [2.24, 2.45) is 0 Å². The molecular weight excluding hydrogens is 158 g/mol. The third kappa shape index (κ3) is 0.815. The minimum absolute atomic E-state index is 0.199. The first-order valence-corrected chi connectivity index (χ1v) is 3.22. The number of nitrogens with zero attached hydrogens (tertiary/aromatic N) is 4. The van der Waals surface area contributed by atoms with E-state index in [4.69, 9.17) is 5.73 Å². The summed E-state index contributed by atoms with van der Waals surface area (Å²) in [5, 5.41) is 7.23. The van der Waals surface area contributed by atoms with Crippen LogP contribution in [0.1, 0.15) is 10.6 Å². The highest BCUT2D eigenvalue weighted by Gasteiger charge is 2.03. The molecule has 0 amide bonds. The van der Waals surface area contributed by atoms with Crippen molar-refractivity contribution in [3.63, 3.8) is 0 Å². The Morgan fingerprint density at radius 3 is 3.08 bits per heavy atom. The first-order chi connectivity index (χ1) is 5.81. The van der Waals surface area contributed by atoms with Gasteiger partial charge < -0.3 is 5.73 Å². The summed E-state index contributed by atoms with van der Waals surface area (Å²) >= 11 is 0. The molecule has 60 valence electrons. The van der Waals surface area contributed by atoms with Gasteiger partial charge in [0.1, 0.15) is 0 Å². The molecular formula is C6H5N5O. The van der Waals surface area contributed by atoms with E-state index in [0.29, 0.717) is 17.8 Å². The molecule has 0 saturated heterocycles. The summed E-state index contributed by atoms with van der Waals surface area (Å²) in [6.45, 7) is 0.